The summed E-state index contributed by atoms with van der Waals surface area (Å²) in [4.78, 5) is 24.4. The molecule has 0 spiro atoms. The average molecular weight is 344 g/mol. The summed E-state index contributed by atoms with van der Waals surface area (Å²) < 4.78 is 0. The minimum absolute atomic E-state index is 0.103. The van der Waals surface area contributed by atoms with Crippen LogP contribution in [-0.2, 0) is 9.59 Å². The maximum Gasteiger partial charge on any atom is 0.255 e. The van der Waals surface area contributed by atoms with Crippen molar-refractivity contribution >= 4 is 17.5 Å². The summed E-state index contributed by atoms with van der Waals surface area (Å²) in [5, 5.41) is 13.3. The van der Waals surface area contributed by atoms with Crippen molar-refractivity contribution in [2.24, 2.45) is 5.41 Å². The molecule has 25 heavy (non-hydrogen) atoms. The minimum atomic E-state index is -0.592. The fourth-order valence-corrected chi connectivity index (χ4v) is 2.77. The number of unbranched alkanes of at least 4 members (excludes halogenated alkanes) is 1. The summed E-state index contributed by atoms with van der Waals surface area (Å²) in [5.74, 6) is -0.414. The second kappa shape index (κ2) is 7.83. The van der Waals surface area contributed by atoms with E-state index in [9.17, 15) is 14.7 Å². The standard InChI is InChI=1S/C20H28N2O3/c1-5-6-7-8-13-21-17(23)14-18(24)22(21)16-11-9-15(10-12-16)19(25)20(2,3)4/h7-12,19,25H,5-6,13-14H2,1-4H3/b8-7-. The molecule has 2 amide bonds. The molecule has 1 aromatic rings. The Hall–Kier alpha value is -2.14. The Morgan fingerprint density at radius 1 is 1.12 bits per heavy atom. The number of rotatable bonds is 6. The molecule has 1 heterocycles. The molecule has 1 fully saturated rings. The van der Waals surface area contributed by atoms with E-state index in [0.29, 0.717) is 12.2 Å². The maximum absolute atomic E-state index is 12.3. The predicted molar refractivity (Wildman–Crippen MR) is 98.7 cm³/mol. The molecule has 0 aromatic heterocycles. The number of carbonyl (C=O) groups excluding carboxylic acids is 2. The zero-order valence-corrected chi connectivity index (χ0v) is 15.5. The van der Waals surface area contributed by atoms with Crippen LogP contribution in [0.4, 0.5) is 5.69 Å². The Balaban J connectivity index is 2.19. The fraction of sp³-hybridized carbons (Fsp3) is 0.500. The Kier molecular flexibility index (Phi) is 6.01. The molecular weight excluding hydrogens is 316 g/mol. The molecule has 1 aliphatic rings. The van der Waals surface area contributed by atoms with E-state index in [4.69, 9.17) is 0 Å². The molecule has 1 aliphatic heterocycles. The number of benzene rings is 1. The molecule has 1 atom stereocenters. The lowest BCUT2D eigenvalue weighted by molar-refractivity contribution is -0.127. The SMILES string of the molecule is CCC/C=C\CN1C(=O)CC(=O)N1c1ccc(C(O)C(C)(C)C)cc1. The number of hydrogen-bond donors (Lipinski definition) is 1. The molecule has 1 N–H and O–H groups in total. The van der Waals surface area contributed by atoms with Crippen molar-refractivity contribution in [1.82, 2.24) is 5.01 Å². The van der Waals surface area contributed by atoms with Gasteiger partial charge in [-0.25, -0.2) is 10.0 Å². The summed E-state index contributed by atoms with van der Waals surface area (Å²) >= 11 is 0. The highest BCUT2D eigenvalue weighted by Gasteiger charge is 2.36. The van der Waals surface area contributed by atoms with Gasteiger partial charge in [0.1, 0.15) is 6.42 Å². The smallest absolute Gasteiger partial charge is 0.255 e. The van der Waals surface area contributed by atoms with E-state index in [1.807, 2.05) is 45.1 Å². The number of aliphatic hydroxyl groups is 1. The van der Waals surface area contributed by atoms with Gasteiger partial charge in [-0.1, -0.05) is 58.4 Å². The van der Waals surface area contributed by atoms with Crippen molar-refractivity contribution in [2.75, 3.05) is 11.6 Å². The van der Waals surface area contributed by atoms with Crippen molar-refractivity contribution in [1.29, 1.82) is 0 Å². The molecule has 0 radical (unpaired) electrons. The van der Waals surface area contributed by atoms with Crippen molar-refractivity contribution in [3.8, 4) is 0 Å². The van der Waals surface area contributed by atoms with Crippen LogP contribution in [-0.4, -0.2) is 28.5 Å². The van der Waals surface area contributed by atoms with Crippen LogP contribution in [0, 0.1) is 5.41 Å². The number of nitrogens with zero attached hydrogens (tertiary/aromatic N) is 2. The van der Waals surface area contributed by atoms with E-state index in [-0.39, 0.29) is 23.7 Å². The first-order valence-electron chi connectivity index (χ1n) is 8.82. The lowest BCUT2D eigenvalue weighted by atomic mass is 9.85. The quantitative estimate of drug-likeness (QED) is 0.633. The first-order valence-corrected chi connectivity index (χ1v) is 8.82. The van der Waals surface area contributed by atoms with Gasteiger partial charge in [0.05, 0.1) is 18.3 Å². The van der Waals surface area contributed by atoms with Crippen molar-refractivity contribution in [2.45, 2.75) is 53.1 Å². The lowest BCUT2D eigenvalue weighted by Gasteiger charge is -2.29. The molecule has 2 rings (SSSR count). The molecule has 1 aromatic carbocycles. The van der Waals surface area contributed by atoms with Crippen LogP contribution in [0.3, 0.4) is 0 Å². The van der Waals surface area contributed by atoms with E-state index in [2.05, 4.69) is 6.92 Å². The zero-order valence-electron chi connectivity index (χ0n) is 15.5. The molecule has 0 saturated carbocycles. The van der Waals surface area contributed by atoms with E-state index < -0.39 is 6.10 Å². The molecule has 5 nitrogen and oxygen atoms in total. The number of allylic oxidation sites excluding steroid dienone is 1. The monoisotopic (exact) mass is 344 g/mol. The summed E-state index contributed by atoms with van der Waals surface area (Å²) in [7, 11) is 0. The van der Waals surface area contributed by atoms with Crippen LogP contribution in [0.15, 0.2) is 36.4 Å². The number of carbonyl (C=O) groups is 2. The van der Waals surface area contributed by atoms with Gasteiger partial charge in [0.25, 0.3) is 11.8 Å². The van der Waals surface area contributed by atoms with Crippen LogP contribution in [0.25, 0.3) is 0 Å². The van der Waals surface area contributed by atoms with Crippen molar-refractivity contribution in [3.63, 3.8) is 0 Å². The normalized spacial score (nSPS) is 17.0. The molecule has 0 aliphatic carbocycles. The van der Waals surface area contributed by atoms with Gasteiger partial charge in [-0.05, 0) is 29.5 Å². The van der Waals surface area contributed by atoms with Gasteiger partial charge in [0, 0.05) is 0 Å². The van der Waals surface area contributed by atoms with Gasteiger partial charge in [0.15, 0.2) is 0 Å². The summed E-state index contributed by atoms with van der Waals surface area (Å²) in [6, 6.07) is 7.19. The van der Waals surface area contributed by atoms with Gasteiger partial charge in [0.2, 0.25) is 0 Å². The Labute approximate surface area is 149 Å². The molecule has 1 unspecified atom stereocenters. The van der Waals surface area contributed by atoms with Crippen LogP contribution in [0.2, 0.25) is 0 Å². The molecule has 5 heteroatoms. The third-order valence-electron chi connectivity index (χ3n) is 4.24. The Bertz CT molecular complexity index is 644. The number of anilines is 1. The summed E-state index contributed by atoms with van der Waals surface area (Å²) in [6.45, 7) is 8.39. The zero-order chi connectivity index (χ0) is 18.6. The third-order valence-corrected chi connectivity index (χ3v) is 4.24. The minimum Gasteiger partial charge on any atom is -0.388 e. The Morgan fingerprint density at radius 2 is 1.76 bits per heavy atom. The number of hydrogen-bond acceptors (Lipinski definition) is 3. The third kappa shape index (κ3) is 4.48. The van der Waals surface area contributed by atoms with E-state index >= 15 is 0 Å². The highest BCUT2D eigenvalue weighted by atomic mass is 16.3. The Morgan fingerprint density at radius 3 is 2.32 bits per heavy atom. The number of hydrazine groups is 1. The van der Waals surface area contributed by atoms with Crippen LogP contribution in [0.5, 0.6) is 0 Å². The van der Waals surface area contributed by atoms with Gasteiger partial charge in [-0.3, -0.25) is 9.59 Å². The maximum atomic E-state index is 12.3. The number of amides is 2. The second-order valence-electron chi connectivity index (χ2n) is 7.48. The number of aliphatic hydroxyl groups excluding tert-OH is 1. The van der Waals surface area contributed by atoms with E-state index in [1.165, 1.54) is 10.0 Å². The van der Waals surface area contributed by atoms with Crippen LogP contribution < -0.4 is 5.01 Å². The fourth-order valence-electron chi connectivity index (χ4n) is 2.77. The summed E-state index contributed by atoms with van der Waals surface area (Å²) in [6.07, 6.45) is 5.25. The largest absolute Gasteiger partial charge is 0.388 e. The highest BCUT2D eigenvalue weighted by molar-refractivity contribution is 6.11. The predicted octanol–water partition coefficient (Wildman–Crippen LogP) is 3.60. The van der Waals surface area contributed by atoms with Crippen LogP contribution >= 0.6 is 0 Å². The molecule has 136 valence electrons. The van der Waals surface area contributed by atoms with Gasteiger partial charge < -0.3 is 5.11 Å². The highest BCUT2D eigenvalue weighted by Crippen LogP contribution is 2.34. The molecule has 1 saturated heterocycles. The summed E-state index contributed by atoms with van der Waals surface area (Å²) in [5.41, 5.74) is 1.17. The van der Waals surface area contributed by atoms with Crippen LogP contribution in [0.1, 0.15) is 58.6 Å². The second-order valence-corrected chi connectivity index (χ2v) is 7.48. The molecular formula is C20H28N2O3. The van der Waals surface area contributed by atoms with Crippen molar-refractivity contribution < 1.29 is 14.7 Å². The lowest BCUT2D eigenvalue weighted by Crippen LogP contribution is -2.41. The van der Waals surface area contributed by atoms with Crippen molar-refractivity contribution in [3.05, 3.63) is 42.0 Å². The van der Waals surface area contributed by atoms with Gasteiger partial charge in [-0.15, -0.1) is 0 Å². The average Bonchev–Trinajstić information content (AvgIpc) is 2.84. The van der Waals surface area contributed by atoms with E-state index in [1.54, 1.807) is 12.1 Å². The van der Waals surface area contributed by atoms with Gasteiger partial charge >= 0.3 is 0 Å². The van der Waals surface area contributed by atoms with Gasteiger partial charge in [-0.2, -0.15) is 0 Å². The van der Waals surface area contributed by atoms with E-state index in [0.717, 1.165) is 18.4 Å². The molecule has 0 bridgehead atoms. The first-order chi connectivity index (χ1) is 11.8. The first kappa shape index (κ1) is 19.2. The topological polar surface area (TPSA) is 60.9 Å².